The SMILES string of the molecule is Cc1ncc(CNC(C)c2ccc(Br)cc2Cl)s1. The highest BCUT2D eigenvalue weighted by Crippen LogP contribution is 2.26. The minimum Gasteiger partial charge on any atom is -0.305 e. The number of hydrogen-bond acceptors (Lipinski definition) is 3. The lowest BCUT2D eigenvalue weighted by Crippen LogP contribution is -2.17. The van der Waals surface area contributed by atoms with Gasteiger partial charge in [-0.05, 0) is 31.5 Å². The number of benzene rings is 1. The largest absolute Gasteiger partial charge is 0.305 e. The predicted molar refractivity (Wildman–Crippen MR) is 81.3 cm³/mol. The molecule has 5 heteroatoms. The van der Waals surface area contributed by atoms with E-state index in [1.165, 1.54) is 4.88 Å². The van der Waals surface area contributed by atoms with E-state index in [2.05, 4.69) is 33.2 Å². The third kappa shape index (κ3) is 3.54. The van der Waals surface area contributed by atoms with Gasteiger partial charge in [0, 0.05) is 33.2 Å². The van der Waals surface area contributed by atoms with Gasteiger partial charge in [0.15, 0.2) is 0 Å². The van der Waals surface area contributed by atoms with E-state index in [9.17, 15) is 0 Å². The van der Waals surface area contributed by atoms with E-state index in [-0.39, 0.29) is 6.04 Å². The van der Waals surface area contributed by atoms with Crippen molar-refractivity contribution in [2.75, 3.05) is 0 Å². The molecule has 2 rings (SSSR count). The van der Waals surface area contributed by atoms with Gasteiger partial charge < -0.3 is 5.32 Å². The second kappa shape index (κ2) is 6.15. The van der Waals surface area contributed by atoms with Crippen molar-refractivity contribution >= 4 is 38.9 Å². The third-order valence-electron chi connectivity index (χ3n) is 2.68. The fraction of sp³-hybridized carbons (Fsp3) is 0.308. The Hall–Kier alpha value is -0.420. The molecule has 18 heavy (non-hydrogen) atoms. The van der Waals surface area contributed by atoms with Gasteiger partial charge in [-0.15, -0.1) is 11.3 Å². The summed E-state index contributed by atoms with van der Waals surface area (Å²) in [6.07, 6.45) is 1.92. The predicted octanol–water partition coefficient (Wildman–Crippen LogP) is 4.72. The molecular formula is C13H14BrClN2S. The highest BCUT2D eigenvalue weighted by molar-refractivity contribution is 9.10. The Morgan fingerprint density at radius 3 is 2.89 bits per heavy atom. The number of aromatic nitrogens is 1. The van der Waals surface area contributed by atoms with Crippen LogP contribution in [0, 0.1) is 6.92 Å². The van der Waals surface area contributed by atoms with Crippen molar-refractivity contribution in [3.05, 3.63) is 49.3 Å². The van der Waals surface area contributed by atoms with Crippen LogP contribution < -0.4 is 5.32 Å². The summed E-state index contributed by atoms with van der Waals surface area (Å²) in [6, 6.07) is 6.19. The fourth-order valence-electron chi connectivity index (χ4n) is 1.70. The molecule has 0 saturated heterocycles. The summed E-state index contributed by atoms with van der Waals surface area (Å²) in [5, 5.41) is 5.34. The lowest BCUT2D eigenvalue weighted by molar-refractivity contribution is 0.578. The Morgan fingerprint density at radius 1 is 1.50 bits per heavy atom. The summed E-state index contributed by atoms with van der Waals surface area (Å²) < 4.78 is 1.00. The lowest BCUT2D eigenvalue weighted by atomic mass is 10.1. The highest BCUT2D eigenvalue weighted by atomic mass is 79.9. The first-order chi connectivity index (χ1) is 8.56. The molecule has 1 aromatic heterocycles. The quantitative estimate of drug-likeness (QED) is 0.867. The fourth-order valence-corrected chi connectivity index (χ4v) is 3.29. The standard InChI is InChI=1S/C13H14BrClN2S/c1-8(12-4-3-10(14)5-13(12)15)16-6-11-7-17-9(2)18-11/h3-5,7-8,16H,6H2,1-2H3. The number of hydrogen-bond donors (Lipinski definition) is 1. The number of thiazole rings is 1. The van der Waals surface area contributed by atoms with Gasteiger partial charge in [0.05, 0.1) is 5.01 Å². The third-order valence-corrected chi connectivity index (χ3v) is 4.41. The normalized spacial score (nSPS) is 12.7. The minimum atomic E-state index is 0.216. The number of rotatable bonds is 4. The van der Waals surface area contributed by atoms with Crippen molar-refractivity contribution in [1.82, 2.24) is 10.3 Å². The summed E-state index contributed by atoms with van der Waals surface area (Å²) in [5.41, 5.74) is 1.11. The maximum absolute atomic E-state index is 6.23. The van der Waals surface area contributed by atoms with Crippen molar-refractivity contribution in [3.63, 3.8) is 0 Å². The van der Waals surface area contributed by atoms with Crippen molar-refractivity contribution in [3.8, 4) is 0 Å². The van der Waals surface area contributed by atoms with Gasteiger partial charge >= 0.3 is 0 Å². The van der Waals surface area contributed by atoms with Crippen molar-refractivity contribution < 1.29 is 0 Å². The van der Waals surface area contributed by atoms with Crippen LogP contribution in [0.15, 0.2) is 28.9 Å². The molecular weight excluding hydrogens is 332 g/mol. The Balaban J connectivity index is 2.01. The molecule has 0 amide bonds. The molecule has 0 aliphatic carbocycles. The first-order valence-electron chi connectivity index (χ1n) is 5.66. The number of halogens is 2. The number of aryl methyl sites for hydroxylation is 1. The molecule has 1 unspecified atom stereocenters. The maximum atomic E-state index is 6.23. The van der Waals surface area contributed by atoms with E-state index in [4.69, 9.17) is 11.6 Å². The van der Waals surface area contributed by atoms with Crippen LogP contribution in [0.3, 0.4) is 0 Å². The van der Waals surface area contributed by atoms with Gasteiger partial charge in [0.25, 0.3) is 0 Å². The van der Waals surface area contributed by atoms with Gasteiger partial charge in [-0.25, -0.2) is 4.98 Å². The molecule has 0 fully saturated rings. The first kappa shape index (κ1) is 14.0. The second-order valence-electron chi connectivity index (χ2n) is 4.11. The number of nitrogens with one attached hydrogen (secondary N) is 1. The number of nitrogens with zero attached hydrogens (tertiary/aromatic N) is 1. The maximum Gasteiger partial charge on any atom is 0.0897 e. The molecule has 0 radical (unpaired) electrons. The second-order valence-corrected chi connectivity index (χ2v) is 6.76. The molecule has 2 nitrogen and oxygen atoms in total. The van der Waals surface area contributed by atoms with E-state index >= 15 is 0 Å². The van der Waals surface area contributed by atoms with Crippen LogP contribution in [0.1, 0.15) is 28.4 Å². The highest BCUT2D eigenvalue weighted by Gasteiger charge is 2.10. The van der Waals surface area contributed by atoms with Gasteiger partial charge in [0.1, 0.15) is 0 Å². The van der Waals surface area contributed by atoms with Crippen LogP contribution in [-0.4, -0.2) is 4.98 Å². The van der Waals surface area contributed by atoms with Crippen LogP contribution in [0.5, 0.6) is 0 Å². The van der Waals surface area contributed by atoms with Gasteiger partial charge in [0.2, 0.25) is 0 Å². The Kier molecular flexibility index (Phi) is 4.78. The average Bonchev–Trinajstić information content (AvgIpc) is 2.72. The van der Waals surface area contributed by atoms with Gasteiger partial charge in [-0.2, -0.15) is 0 Å². The van der Waals surface area contributed by atoms with Crippen molar-refractivity contribution in [1.29, 1.82) is 0 Å². The van der Waals surface area contributed by atoms with Crippen LogP contribution >= 0.6 is 38.9 Å². The molecule has 1 aromatic carbocycles. The topological polar surface area (TPSA) is 24.9 Å². The van der Waals surface area contributed by atoms with E-state index in [1.54, 1.807) is 11.3 Å². The molecule has 0 aliphatic heterocycles. The van der Waals surface area contributed by atoms with Gasteiger partial charge in [-0.3, -0.25) is 0 Å². The van der Waals surface area contributed by atoms with Crippen LogP contribution in [-0.2, 0) is 6.54 Å². The molecule has 1 heterocycles. The van der Waals surface area contributed by atoms with Crippen LogP contribution in [0.4, 0.5) is 0 Å². The van der Waals surface area contributed by atoms with E-state index in [0.29, 0.717) is 0 Å². The van der Waals surface area contributed by atoms with Crippen LogP contribution in [0.2, 0.25) is 5.02 Å². The summed E-state index contributed by atoms with van der Waals surface area (Å²) >= 11 is 11.4. The summed E-state index contributed by atoms with van der Waals surface area (Å²) in [6.45, 7) is 4.95. The average molecular weight is 346 g/mol. The summed E-state index contributed by atoms with van der Waals surface area (Å²) in [5.74, 6) is 0. The Labute approximate surface area is 125 Å². The Morgan fingerprint density at radius 2 is 2.28 bits per heavy atom. The molecule has 1 N–H and O–H groups in total. The molecule has 2 aromatic rings. The summed E-state index contributed by atoms with van der Waals surface area (Å²) in [7, 11) is 0. The molecule has 1 atom stereocenters. The molecule has 96 valence electrons. The lowest BCUT2D eigenvalue weighted by Gasteiger charge is -2.15. The monoisotopic (exact) mass is 344 g/mol. The zero-order valence-electron chi connectivity index (χ0n) is 10.2. The zero-order valence-corrected chi connectivity index (χ0v) is 13.4. The van der Waals surface area contributed by atoms with Crippen molar-refractivity contribution in [2.24, 2.45) is 0 Å². The van der Waals surface area contributed by atoms with E-state index in [1.807, 2.05) is 31.3 Å². The molecule has 0 saturated carbocycles. The zero-order chi connectivity index (χ0) is 13.1. The minimum absolute atomic E-state index is 0.216. The van der Waals surface area contributed by atoms with Gasteiger partial charge in [-0.1, -0.05) is 33.6 Å². The molecule has 0 aliphatic rings. The first-order valence-corrected chi connectivity index (χ1v) is 7.64. The Bertz CT molecular complexity index is 542. The van der Waals surface area contributed by atoms with Crippen LogP contribution in [0.25, 0.3) is 0 Å². The van der Waals surface area contributed by atoms with Crippen molar-refractivity contribution in [2.45, 2.75) is 26.4 Å². The molecule has 0 spiro atoms. The summed E-state index contributed by atoms with van der Waals surface area (Å²) in [4.78, 5) is 5.49. The molecule has 0 bridgehead atoms. The van der Waals surface area contributed by atoms with E-state index in [0.717, 1.165) is 26.6 Å². The van der Waals surface area contributed by atoms with E-state index < -0.39 is 0 Å². The smallest absolute Gasteiger partial charge is 0.0897 e.